The predicted molar refractivity (Wildman–Crippen MR) is 82.1 cm³/mol. The molecule has 4 heteroatoms. The minimum Gasteiger partial charge on any atom is -0.312 e. The SMILES string of the molecule is Cc1cc(C)n(-c2ncc(CNCC(C)C)cc2C)n1. The van der Waals surface area contributed by atoms with Gasteiger partial charge in [-0.25, -0.2) is 9.67 Å². The predicted octanol–water partition coefficient (Wildman–Crippen LogP) is 2.94. The van der Waals surface area contributed by atoms with Crippen molar-refractivity contribution in [1.29, 1.82) is 0 Å². The second-order valence-corrected chi connectivity index (χ2v) is 5.85. The summed E-state index contributed by atoms with van der Waals surface area (Å²) in [5.74, 6) is 1.58. The van der Waals surface area contributed by atoms with Crippen LogP contribution in [0.2, 0.25) is 0 Å². The maximum atomic E-state index is 4.58. The van der Waals surface area contributed by atoms with Crippen LogP contribution in [0.5, 0.6) is 0 Å². The monoisotopic (exact) mass is 272 g/mol. The molecule has 0 aliphatic heterocycles. The van der Waals surface area contributed by atoms with Crippen molar-refractivity contribution in [3.8, 4) is 5.82 Å². The Morgan fingerprint density at radius 1 is 1.20 bits per heavy atom. The van der Waals surface area contributed by atoms with Crippen LogP contribution >= 0.6 is 0 Å². The van der Waals surface area contributed by atoms with Gasteiger partial charge in [0.15, 0.2) is 5.82 Å². The normalized spacial score (nSPS) is 11.3. The summed E-state index contributed by atoms with van der Waals surface area (Å²) < 4.78 is 1.91. The van der Waals surface area contributed by atoms with E-state index < -0.39 is 0 Å². The molecule has 0 radical (unpaired) electrons. The summed E-state index contributed by atoms with van der Waals surface area (Å²) in [7, 11) is 0. The second-order valence-electron chi connectivity index (χ2n) is 5.85. The Balaban J connectivity index is 2.16. The highest BCUT2D eigenvalue weighted by Gasteiger charge is 2.08. The van der Waals surface area contributed by atoms with Crippen LogP contribution in [0.25, 0.3) is 5.82 Å². The van der Waals surface area contributed by atoms with Crippen LogP contribution in [0.15, 0.2) is 18.3 Å². The van der Waals surface area contributed by atoms with Crippen molar-refractivity contribution in [3.05, 3.63) is 40.8 Å². The molecule has 0 saturated heterocycles. The molecule has 20 heavy (non-hydrogen) atoms. The molecule has 0 fully saturated rings. The molecule has 0 atom stereocenters. The Hall–Kier alpha value is -1.68. The zero-order valence-electron chi connectivity index (χ0n) is 13.1. The lowest BCUT2D eigenvalue weighted by Gasteiger charge is -2.11. The Morgan fingerprint density at radius 3 is 2.50 bits per heavy atom. The summed E-state index contributed by atoms with van der Waals surface area (Å²) >= 11 is 0. The molecule has 0 aliphatic carbocycles. The highest BCUT2D eigenvalue weighted by Crippen LogP contribution is 2.15. The fourth-order valence-corrected chi connectivity index (χ4v) is 2.29. The van der Waals surface area contributed by atoms with Crippen molar-refractivity contribution in [3.63, 3.8) is 0 Å². The van der Waals surface area contributed by atoms with E-state index in [9.17, 15) is 0 Å². The quantitative estimate of drug-likeness (QED) is 0.910. The molecule has 2 heterocycles. The smallest absolute Gasteiger partial charge is 0.156 e. The first-order valence-corrected chi connectivity index (χ1v) is 7.17. The van der Waals surface area contributed by atoms with Gasteiger partial charge in [0, 0.05) is 18.4 Å². The van der Waals surface area contributed by atoms with Gasteiger partial charge in [-0.2, -0.15) is 5.10 Å². The number of nitrogens with zero attached hydrogens (tertiary/aromatic N) is 3. The number of aromatic nitrogens is 3. The molecule has 4 nitrogen and oxygen atoms in total. The minimum absolute atomic E-state index is 0.665. The molecule has 0 amide bonds. The molecule has 2 aromatic rings. The highest BCUT2D eigenvalue weighted by molar-refractivity contribution is 5.36. The molecule has 0 aromatic carbocycles. The van der Waals surface area contributed by atoms with Crippen molar-refractivity contribution in [2.45, 2.75) is 41.2 Å². The third kappa shape index (κ3) is 3.45. The van der Waals surface area contributed by atoms with Gasteiger partial charge in [0.05, 0.1) is 5.69 Å². The summed E-state index contributed by atoms with van der Waals surface area (Å²) in [5.41, 5.74) is 4.50. The van der Waals surface area contributed by atoms with Crippen molar-refractivity contribution >= 4 is 0 Å². The minimum atomic E-state index is 0.665. The highest BCUT2D eigenvalue weighted by atomic mass is 15.3. The molecular weight excluding hydrogens is 248 g/mol. The second kappa shape index (κ2) is 6.18. The fourth-order valence-electron chi connectivity index (χ4n) is 2.29. The number of rotatable bonds is 5. The first kappa shape index (κ1) is 14.7. The molecule has 108 valence electrons. The molecule has 0 spiro atoms. The summed E-state index contributed by atoms with van der Waals surface area (Å²) in [5, 5.41) is 7.94. The Bertz CT molecular complexity index is 584. The van der Waals surface area contributed by atoms with E-state index in [1.165, 1.54) is 5.56 Å². The number of aryl methyl sites for hydroxylation is 3. The van der Waals surface area contributed by atoms with E-state index >= 15 is 0 Å². The van der Waals surface area contributed by atoms with E-state index in [-0.39, 0.29) is 0 Å². The van der Waals surface area contributed by atoms with Crippen LogP contribution in [0.1, 0.15) is 36.4 Å². The van der Waals surface area contributed by atoms with Gasteiger partial charge in [-0.3, -0.25) is 0 Å². The van der Waals surface area contributed by atoms with Crippen LogP contribution in [0.4, 0.5) is 0 Å². The van der Waals surface area contributed by atoms with Crippen LogP contribution < -0.4 is 5.32 Å². The standard InChI is InChI=1S/C16H24N4/c1-11(2)8-17-9-15-6-12(3)16(18-10-15)20-14(5)7-13(4)19-20/h6-7,10-11,17H,8-9H2,1-5H3. The first-order chi connectivity index (χ1) is 9.47. The van der Waals surface area contributed by atoms with Crippen molar-refractivity contribution in [2.24, 2.45) is 5.92 Å². The zero-order valence-corrected chi connectivity index (χ0v) is 13.1. The number of pyridine rings is 1. The zero-order chi connectivity index (χ0) is 14.7. The fraction of sp³-hybridized carbons (Fsp3) is 0.500. The lowest BCUT2D eigenvalue weighted by atomic mass is 10.2. The lowest BCUT2D eigenvalue weighted by Crippen LogP contribution is -2.19. The summed E-state index contributed by atoms with van der Waals surface area (Å²) in [6, 6.07) is 4.26. The first-order valence-electron chi connectivity index (χ1n) is 7.17. The van der Waals surface area contributed by atoms with Crippen LogP contribution in [0.3, 0.4) is 0 Å². The average molecular weight is 272 g/mol. The Kier molecular flexibility index (Phi) is 4.55. The third-order valence-corrected chi connectivity index (χ3v) is 3.20. The van der Waals surface area contributed by atoms with E-state index in [1.807, 2.05) is 17.8 Å². The average Bonchev–Trinajstić information content (AvgIpc) is 2.68. The van der Waals surface area contributed by atoms with Crippen LogP contribution in [0, 0.1) is 26.7 Å². The van der Waals surface area contributed by atoms with E-state index in [4.69, 9.17) is 0 Å². The molecule has 2 rings (SSSR count). The summed E-state index contributed by atoms with van der Waals surface area (Å²) in [6.45, 7) is 12.5. The summed E-state index contributed by atoms with van der Waals surface area (Å²) in [6.07, 6.45) is 1.94. The summed E-state index contributed by atoms with van der Waals surface area (Å²) in [4.78, 5) is 4.58. The van der Waals surface area contributed by atoms with Crippen molar-refractivity contribution < 1.29 is 0 Å². The van der Waals surface area contributed by atoms with Crippen LogP contribution in [-0.2, 0) is 6.54 Å². The van der Waals surface area contributed by atoms with Gasteiger partial charge in [-0.05, 0) is 56.5 Å². The van der Waals surface area contributed by atoms with E-state index in [1.54, 1.807) is 0 Å². The van der Waals surface area contributed by atoms with E-state index in [0.717, 1.165) is 35.9 Å². The molecule has 1 N–H and O–H groups in total. The van der Waals surface area contributed by atoms with Crippen LogP contribution in [-0.4, -0.2) is 21.3 Å². The molecule has 0 saturated carbocycles. The largest absolute Gasteiger partial charge is 0.312 e. The molecule has 0 aliphatic rings. The van der Waals surface area contributed by atoms with Gasteiger partial charge in [-0.15, -0.1) is 0 Å². The molecule has 0 unspecified atom stereocenters. The maximum absolute atomic E-state index is 4.58. The number of nitrogens with one attached hydrogen (secondary N) is 1. The molecule has 2 aromatic heterocycles. The molecular formula is C16H24N4. The lowest BCUT2D eigenvalue weighted by molar-refractivity contribution is 0.551. The van der Waals surface area contributed by atoms with Gasteiger partial charge in [-0.1, -0.05) is 13.8 Å². The van der Waals surface area contributed by atoms with Gasteiger partial charge in [0.2, 0.25) is 0 Å². The van der Waals surface area contributed by atoms with E-state index in [0.29, 0.717) is 5.92 Å². The Morgan fingerprint density at radius 2 is 1.95 bits per heavy atom. The van der Waals surface area contributed by atoms with Crippen molar-refractivity contribution in [1.82, 2.24) is 20.1 Å². The Labute approximate surface area is 121 Å². The molecule has 0 bridgehead atoms. The van der Waals surface area contributed by atoms with Crippen molar-refractivity contribution in [2.75, 3.05) is 6.54 Å². The topological polar surface area (TPSA) is 42.7 Å². The van der Waals surface area contributed by atoms with Gasteiger partial charge < -0.3 is 5.32 Å². The third-order valence-electron chi connectivity index (χ3n) is 3.20. The van der Waals surface area contributed by atoms with Gasteiger partial charge >= 0.3 is 0 Å². The number of hydrogen-bond acceptors (Lipinski definition) is 3. The number of hydrogen-bond donors (Lipinski definition) is 1. The van der Waals surface area contributed by atoms with Gasteiger partial charge in [0.1, 0.15) is 0 Å². The maximum Gasteiger partial charge on any atom is 0.156 e. The van der Waals surface area contributed by atoms with E-state index in [2.05, 4.69) is 55.2 Å². The van der Waals surface area contributed by atoms with Gasteiger partial charge in [0.25, 0.3) is 0 Å².